The van der Waals surface area contributed by atoms with Gasteiger partial charge < -0.3 is 9.84 Å². The fourth-order valence-electron chi connectivity index (χ4n) is 1.76. The third-order valence-electron chi connectivity index (χ3n) is 2.50. The second kappa shape index (κ2) is 3.62. The molecule has 6 heteroatoms. The van der Waals surface area contributed by atoms with Crippen LogP contribution in [0.4, 0.5) is 0 Å². The number of aryl methyl sites for hydroxylation is 1. The fraction of sp³-hybridized carbons (Fsp3) is 0.875. The van der Waals surface area contributed by atoms with Gasteiger partial charge in [-0.25, -0.2) is 0 Å². The fourth-order valence-corrected chi connectivity index (χ4v) is 1.76. The maximum Gasteiger partial charge on any atom is 0.177 e. The lowest BCUT2D eigenvalue weighted by Gasteiger charge is -2.23. The summed E-state index contributed by atoms with van der Waals surface area (Å²) in [7, 11) is 1.72. The Labute approximate surface area is 81.9 Å². The van der Waals surface area contributed by atoms with Gasteiger partial charge in [-0.15, -0.1) is 10.2 Å². The van der Waals surface area contributed by atoms with Gasteiger partial charge in [0.2, 0.25) is 0 Å². The highest BCUT2D eigenvalue weighted by Crippen LogP contribution is 2.27. The Hall–Kier alpha value is -1.01. The van der Waals surface area contributed by atoms with Gasteiger partial charge in [0.05, 0.1) is 19.3 Å². The Morgan fingerprint density at radius 1 is 1.64 bits per heavy atom. The maximum absolute atomic E-state index is 9.28. The molecule has 6 nitrogen and oxygen atoms in total. The molecule has 1 N–H and O–H groups in total. The molecule has 1 fully saturated rings. The van der Waals surface area contributed by atoms with Crippen molar-refractivity contribution in [1.82, 2.24) is 20.2 Å². The van der Waals surface area contributed by atoms with Gasteiger partial charge in [0, 0.05) is 13.0 Å². The highest BCUT2D eigenvalue weighted by molar-refractivity contribution is 4.94. The number of aromatic nitrogens is 4. The van der Waals surface area contributed by atoms with Crippen molar-refractivity contribution >= 4 is 0 Å². The first-order valence-electron chi connectivity index (χ1n) is 4.72. The molecule has 2 rings (SSSR count). The number of nitrogens with zero attached hydrogens (tertiary/aromatic N) is 4. The summed E-state index contributed by atoms with van der Waals surface area (Å²) in [4.78, 5) is 1.41. The molecule has 1 aromatic rings. The lowest BCUT2D eigenvalue weighted by Crippen LogP contribution is -2.35. The van der Waals surface area contributed by atoms with Gasteiger partial charge in [-0.05, 0) is 18.1 Å². The van der Waals surface area contributed by atoms with Crippen LogP contribution in [0.15, 0.2) is 0 Å². The first kappa shape index (κ1) is 9.54. The summed E-state index contributed by atoms with van der Waals surface area (Å²) in [5.41, 5.74) is -0.469. The molecule has 0 bridgehead atoms. The molecular weight excluding hydrogens is 184 g/mol. The van der Waals surface area contributed by atoms with E-state index in [4.69, 9.17) is 4.74 Å². The molecule has 1 aliphatic heterocycles. The molecule has 2 heterocycles. The Morgan fingerprint density at radius 3 is 3.00 bits per heavy atom. The van der Waals surface area contributed by atoms with Crippen molar-refractivity contribution in [3.05, 3.63) is 5.82 Å². The van der Waals surface area contributed by atoms with Crippen LogP contribution in [0.1, 0.15) is 18.7 Å². The van der Waals surface area contributed by atoms with Crippen LogP contribution in [0.5, 0.6) is 0 Å². The topological polar surface area (TPSA) is 73.1 Å². The quantitative estimate of drug-likeness (QED) is 0.694. The van der Waals surface area contributed by atoms with E-state index < -0.39 is 5.60 Å². The van der Waals surface area contributed by atoms with Crippen LogP contribution in [0.2, 0.25) is 0 Å². The molecular formula is C8H14N4O2. The predicted octanol–water partition coefficient (Wildman–Crippen LogP) is -0.706. The van der Waals surface area contributed by atoms with E-state index in [1.165, 1.54) is 4.80 Å². The molecule has 0 spiro atoms. The number of aliphatic hydroxyl groups is 1. The van der Waals surface area contributed by atoms with E-state index in [1.807, 2.05) is 0 Å². The van der Waals surface area contributed by atoms with Crippen LogP contribution in [-0.2, 0) is 18.2 Å². The molecule has 0 radical (unpaired) electrons. The Bertz CT molecular complexity index is 306. The largest absolute Gasteiger partial charge is 0.393 e. The van der Waals surface area contributed by atoms with E-state index in [-0.39, 0.29) is 6.61 Å². The van der Waals surface area contributed by atoms with E-state index in [0.29, 0.717) is 18.9 Å². The molecule has 0 amide bonds. The normalized spacial score (nSPS) is 27.0. The van der Waals surface area contributed by atoms with Crippen LogP contribution in [0.25, 0.3) is 0 Å². The summed E-state index contributed by atoms with van der Waals surface area (Å²) in [5, 5.41) is 21.0. The zero-order chi connectivity index (χ0) is 10.0. The molecule has 14 heavy (non-hydrogen) atoms. The summed E-state index contributed by atoms with van der Waals surface area (Å²) in [6, 6.07) is 0. The second-order valence-corrected chi connectivity index (χ2v) is 3.67. The number of aliphatic hydroxyl groups excluding tert-OH is 1. The van der Waals surface area contributed by atoms with Crippen LogP contribution >= 0.6 is 0 Å². The predicted molar refractivity (Wildman–Crippen MR) is 47.5 cm³/mol. The molecule has 1 atom stereocenters. The lowest BCUT2D eigenvalue weighted by atomic mass is 9.97. The number of hydrogen-bond donors (Lipinski definition) is 1. The van der Waals surface area contributed by atoms with Gasteiger partial charge in [-0.1, -0.05) is 0 Å². The minimum atomic E-state index is -0.469. The minimum absolute atomic E-state index is 0.0191. The first-order chi connectivity index (χ1) is 6.74. The molecule has 1 unspecified atom stereocenters. The maximum atomic E-state index is 9.28. The van der Waals surface area contributed by atoms with Crippen LogP contribution in [0.3, 0.4) is 0 Å². The molecule has 78 valence electrons. The Morgan fingerprint density at radius 2 is 2.50 bits per heavy atom. The number of hydrogen-bond acceptors (Lipinski definition) is 5. The van der Waals surface area contributed by atoms with E-state index in [2.05, 4.69) is 15.4 Å². The third kappa shape index (κ3) is 1.76. The number of ether oxygens (including phenoxy) is 1. The van der Waals surface area contributed by atoms with Crippen molar-refractivity contribution < 1.29 is 9.84 Å². The van der Waals surface area contributed by atoms with Crippen molar-refractivity contribution in [2.75, 3.05) is 13.2 Å². The molecule has 0 aromatic carbocycles. The smallest absolute Gasteiger partial charge is 0.177 e. The molecule has 0 saturated carbocycles. The van der Waals surface area contributed by atoms with Gasteiger partial charge in [0.25, 0.3) is 0 Å². The minimum Gasteiger partial charge on any atom is -0.393 e. The molecule has 1 aliphatic rings. The van der Waals surface area contributed by atoms with Gasteiger partial charge in [0.15, 0.2) is 5.82 Å². The van der Waals surface area contributed by atoms with Crippen molar-refractivity contribution in [3.63, 3.8) is 0 Å². The number of tetrazole rings is 1. The van der Waals surface area contributed by atoms with E-state index >= 15 is 0 Å². The van der Waals surface area contributed by atoms with Crippen LogP contribution < -0.4 is 0 Å². The monoisotopic (exact) mass is 198 g/mol. The molecule has 1 aromatic heterocycles. The molecule has 0 aliphatic carbocycles. The van der Waals surface area contributed by atoms with Gasteiger partial charge >= 0.3 is 0 Å². The van der Waals surface area contributed by atoms with E-state index in [0.717, 1.165) is 12.8 Å². The lowest BCUT2D eigenvalue weighted by molar-refractivity contribution is -0.0389. The standard InChI is InChI=1S/C8H14N4O2/c1-12-10-7(9-11-12)5-8(6-13)3-2-4-14-8/h13H,2-6H2,1H3. The summed E-state index contributed by atoms with van der Waals surface area (Å²) < 4.78 is 5.54. The average Bonchev–Trinajstić information content (AvgIpc) is 2.77. The second-order valence-electron chi connectivity index (χ2n) is 3.67. The van der Waals surface area contributed by atoms with Crippen molar-refractivity contribution in [2.45, 2.75) is 24.9 Å². The summed E-state index contributed by atoms with van der Waals surface area (Å²) in [6.45, 7) is 0.728. The summed E-state index contributed by atoms with van der Waals surface area (Å²) in [5.74, 6) is 0.628. The van der Waals surface area contributed by atoms with Gasteiger partial charge in [-0.3, -0.25) is 0 Å². The number of rotatable bonds is 3. The Balaban J connectivity index is 2.08. The highest BCUT2D eigenvalue weighted by Gasteiger charge is 2.36. The zero-order valence-corrected chi connectivity index (χ0v) is 8.18. The van der Waals surface area contributed by atoms with E-state index in [9.17, 15) is 5.11 Å². The summed E-state index contributed by atoms with van der Waals surface area (Å²) in [6.07, 6.45) is 2.39. The molecule has 1 saturated heterocycles. The van der Waals surface area contributed by atoms with Crippen molar-refractivity contribution in [1.29, 1.82) is 0 Å². The SMILES string of the molecule is Cn1nnc(CC2(CO)CCCO2)n1. The van der Waals surface area contributed by atoms with E-state index in [1.54, 1.807) is 7.05 Å². The summed E-state index contributed by atoms with van der Waals surface area (Å²) >= 11 is 0. The average molecular weight is 198 g/mol. The first-order valence-corrected chi connectivity index (χ1v) is 4.72. The third-order valence-corrected chi connectivity index (χ3v) is 2.50. The van der Waals surface area contributed by atoms with Crippen molar-refractivity contribution in [3.8, 4) is 0 Å². The Kier molecular flexibility index (Phi) is 2.47. The van der Waals surface area contributed by atoms with Gasteiger partial charge in [-0.2, -0.15) is 4.80 Å². The van der Waals surface area contributed by atoms with Crippen LogP contribution in [0, 0.1) is 0 Å². The van der Waals surface area contributed by atoms with Crippen LogP contribution in [-0.4, -0.2) is 44.1 Å². The van der Waals surface area contributed by atoms with Crippen molar-refractivity contribution in [2.24, 2.45) is 7.05 Å². The zero-order valence-electron chi connectivity index (χ0n) is 8.18. The van der Waals surface area contributed by atoms with Gasteiger partial charge in [0.1, 0.15) is 0 Å². The highest BCUT2D eigenvalue weighted by atomic mass is 16.5.